The summed E-state index contributed by atoms with van der Waals surface area (Å²) < 4.78 is 3.09. The van der Waals surface area contributed by atoms with Crippen LogP contribution in [0.25, 0.3) is 11.0 Å². The summed E-state index contributed by atoms with van der Waals surface area (Å²) in [5.74, 6) is 0.396. The van der Waals surface area contributed by atoms with E-state index in [0.717, 1.165) is 0 Å². The second-order valence-corrected chi connectivity index (χ2v) is 6.40. The number of carbonyl (C=O) groups excluding carboxylic acids is 1. The predicted molar refractivity (Wildman–Crippen MR) is 84.9 cm³/mol. The number of nitrogens with zero attached hydrogens (tertiary/aromatic N) is 5. The van der Waals surface area contributed by atoms with Crippen LogP contribution < -0.4 is 10.9 Å². The van der Waals surface area contributed by atoms with Gasteiger partial charge in [0.05, 0.1) is 18.3 Å². The smallest absolute Gasteiger partial charge is 0.293 e. The molecule has 0 bridgehead atoms. The monoisotopic (exact) mass is 306 g/mol. The molecule has 120 valence electrons. The Balaban J connectivity index is 2.44. The van der Waals surface area contributed by atoms with Gasteiger partial charge in [-0.1, -0.05) is 0 Å². The maximum atomic E-state index is 12.6. The molecule has 22 heavy (non-hydrogen) atoms. The number of hydrogen-bond acceptors (Lipinski definition) is 5. The SMILES string of the molecule is CN(C)C(=O)CNc1nc2cnn(C(C)(C)C)c(=O)c2n1C. The van der Waals surface area contributed by atoms with Crippen molar-refractivity contribution in [3.63, 3.8) is 0 Å². The van der Waals surface area contributed by atoms with Crippen molar-refractivity contribution in [1.82, 2.24) is 24.2 Å². The van der Waals surface area contributed by atoms with Gasteiger partial charge >= 0.3 is 0 Å². The van der Waals surface area contributed by atoms with Gasteiger partial charge in [0.2, 0.25) is 11.9 Å². The lowest BCUT2D eigenvalue weighted by atomic mass is 10.1. The van der Waals surface area contributed by atoms with E-state index in [4.69, 9.17) is 0 Å². The highest BCUT2D eigenvalue weighted by atomic mass is 16.2. The quantitative estimate of drug-likeness (QED) is 0.886. The number of rotatable bonds is 3. The van der Waals surface area contributed by atoms with Gasteiger partial charge in [0.15, 0.2) is 0 Å². The third-order valence-electron chi connectivity index (χ3n) is 3.34. The number of aromatic nitrogens is 4. The summed E-state index contributed by atoms with van der Waals surface area (Å²) in [5.41, 5.74) is 0.355. The third-order valence-corrected chi connectivity index (χ3v) is 3.34. The van der Waals surface area contributed by atoms with Gasteiger partial charge in [-0.3, -0.25) is 9.59 Å². The minimum absolute atomic E-state index is 0.0720. The first kappa shape index (κ1) is 16.0. The van der Waals surface area contributed by atoms with Gasteiger partial charge in [0.25, 0.3) is 5.56 Å². The Hall–Kier alpha value is -2.38. The summed E-state index contributed by atoms with van der Waals surface area (Å²) in [5, 5.41) is 7.13. The van der Waals surface area contributed by atoms with E-state index in [0.29, 0.717) is 17.0 Å². The second-order valence-electron chi connectivity index (χ2n) is 6.40. The van der Waals surface area contributed by atoms with Crippen molar-refractivity contribution in [3.05, 3.63) is 16.6 Å². The molecule has 8 heteroatoms. The zero-order valence-electron chi connectivity index (χ0n) is 13.8. The van der Waals surface area contributed by atoms with Gasteiger partial charge in [-0.25, -0.2) is 9.67 Å². The summed E-state index contributed by atoms with van der Waals surface area (Å²) >= 11 is 0. The molecule has 0 atom stereocenters. The predicted octanol–water partition coefficient (Wildman–Crippen LogP) is 0.385. The fourth-order valence-electron chi connectivity index (χ4n) is 2.08. The van der Waals surface area contributed by atoms with E-state index in [2.05, 4.69) is 15.4 Å². The minimum atomic E-state index is -0.413. The van der Waals surface area contributed by atoms with Crippen LogP contribution in [-0.2, 0) is 17.4 Å². The molecule has 8 nitrogen and oxygen atoms in total. The fraction of sp³-hybridized carbons (Fsp3) is 0.571. The summed E-state index contributed by atoms with van der Waals surface area (Å²) in [4.78, 5) is 30.1. The molecule has 0 aliphatic heterocycles. The number of nitrogens with one attached hydrogen (secondary N) is 1. The number of anilines is 1. The molecule has 2 aromatic heterocycles. The first-order valence-corrected chi connectivity index (χ1v) is 7.02. The molecule has 1 amide bonds. The Bertz CT molecular complexity index is 766. The lowest BCUT2D eigenvalue weighted by Crippen LogP contribution is -2.36. The minimum Gasteiger partial charge on any atom is -0.347 e. The molecule has 0 fully saturated rings. The highest BCUT2D eigenvalue weighted by Gasteiger charge is 2.20. The average molecular weight is 306 g/mol. The summed E-state index contributed by atoms with van der Waals surface area (Å²) in [6, 6.07) is 0. The Morgan fingerprint density at radius 2 is 2.00 bits per heavy atom. The number of aryl methyl sites for hydroxylation is 1. The van der Waals surface area contributed by atoms with Crippen molar-refractivity contribution >= 4 is 22.9 Å². The molecule has 0 aliphatic carbocycles. The normalized spacial score (nSPS) is 11.7. The zero-order chi connectivity index (χ0) is 16.7. The van der Waals surface area contributed by atoms with Crippen molar-refractivity contribution in [3.8, 4) is 0 Å². The highest BCUT2D eigenvalue weighted by Crippen LogP contribution is 2.16. The zero-order valence-corrected chi connectivity index (χ0v) is 13.8. The first-order valence-electron chi connectivity index (χ1n) is 7.02. The van der Waals surface area contributed by atoms with Gasteiger partial charge < -0.3 is 14.8 Å². The van der Waals surface area contributed by atoms with Crippen molar-refractivity contribution in [2.24, 2.45) is 7.05 Å². The van der Waals surface area contributed by atoms with E-state index in [1.54, 1.807) is 31.9 Å². The molecule has 2 aromatic rings. The summed E-state index contributed by atoms with van der Waals surface area (Å²) in [7, 11) is 5.11. The molecule has 0 saturated heterocycles. The Morgan fingerprint density at radius 1 is 1.36 bits per heavy atom. The molecule has 0 spiro atoms. The second kappa shape index (κ2) is 5.43. The van der Waals surface area contributed by atoms with Gasteiger partial charge in [-0.2, -0.15) is 5.10 Å². The van der Waals surface area contributed by atoms with E-state index < -0.39 is 5.54 Å². The first-order chi connectivity index (χ1) is 10.1. The topological polar surface area (TPSA) is 85.1 Å². The highest BCUT2D eigenvalue weighted by molar-refractivity contribution is 5.81. The van der Waals surface area contributed by atoms with Crippen LogP contribution >= 0.6 is 0 Å². The van der Waals surface area contributed by atoms with Crippen LogP contribution in [0.3, 0.4) is 0 Å². The molecule has 2 heterocycles. The Labute approximate surface area is 128 Å². The van der Waals surface area contributed by atoms with E-state index in [-0.39, 0.29) is 18.0 Å². The van der Waals surface area contributed by atoms with E-state index in [1.165, 1.54) is 9.58 Å². The maximum Gasteiger partial charge on any atom is 0.293 e. The van der Waals surface area contributed by atoms with Gasteiger partial charge in [-0.15, -0.1) is 0 Å². The van der Waals surface area contributed by atoms with Crippen LogP contribution in [0.5, 0.6) is 0 Å². The van der Waals surface area contributed by atoms with Crippen LogP contribution in [0.1, 0.15) is 20.8 Å². The Morgan fingerprint density at radius 3 is 2.55 bits per heavy atom. The molecular weight excluding hydrogens is 284 g/mol. The molecule has 0 unspecified atom stereocenters. The van der Waals surface area contributed by atoms with Crippen molar-refractivity contribution < 1.29 is 4.79 Å². The molecule has 0 aromatic carbocycles. The summed E-state index contributed by atoms with van der Waals surface area (Å²) in [6.07, 6.45) is 1.57. The molecule has 1 N–H and O–H groups in total. The largest absolute Gasteiger partial charge is 0.347 e. The van der Waals surface area contributed by atoms with Gasteiger partial charge in [0.1, 0.15) is 11.0 Å². The number of likely N-dealkylation sites (N-methyl/N-ethyl adjacent to an activating group) is 1. The summed E-state index contributed by atoms with van der Waals surface area (Å²) in [6.45, 7) is 5.86. The van der Waals surface area contributed by atoms with Gasteiger partial charge in [-0.05, 0) is 20.8 Å². The fourth-order valence-corrected chi connectivity index (χ4v) is 2.08. The molecular formula is C14H22N6O2. The number of imidazole rings is 1. The van der Waals surface area contributed by atoms with E-state index >= 15 is 0 Å². The van der Waals surface area contributed by atoms with Crippen LogP contribution in [0.4, 0.5) is 5.95 Å². The standard InChI is InChI=1S/C14H22N6O2/c1-14(2,3)20-12(22)11-9(7-16-20)17-13(19(11)6)15-8-10(21)18(4)5/h7H,8H2,1-6H3,(H,15,17). The number of fused-ring (bicyclic) bond motifs is 1. The van der Waals surface area contributed by atoms with Crippen LogP contribution in [0, 0.1) is 0 Å². The van der Waals surface area contributed by atoms with Crippen molar-refractivity contribution in [2.45, 2.75) is 26.3 Å². The number of carbonyl (C=O) groups is 1. The molecule has 0 aliphatic rings. The van der Waals surface area contributed by atoms with Crippen LogP contribution in [0.2, 0.25) is 0 Å². The van der Waals surface area contributed by atoms with Crippen LogP contribution in [-0.4, -0.2) is 50.8 Å². The van der Waals surface area contributed by atoms with E-state index in [9.17, 15) is 9.59 Å². The average Bonchev–Trinajstić information content (AvgIpc) is 2.72. The maximum absolute atomic E-state index is 12.6. The van der Waals surface area contributed by atoms with Crippen molar-refractivity contribution in [1.29, 1.82) is 0 Å². The Kier molecular flexibility index (Phi) is 3.95. The van der Waals surface area contributed by atoms with Gasteiger partial charge in [0, 0.05) is 21.1 Å². The van der Waals surface area contributed by atoms with Crippen LogP contribution in [0.15, 0.2) is 11.0 Å². The lowest BCUT2D eigenvalue weighted by molar-refractivity contribution is -0.126. The number of amides is 1. The molecule has 2 rings (SSSR count). The van der Waals surface area contributed by atoms with E-state index in [1.807, 2.05) is 20.8 Å². The third kappa shape index (κ3) is 2.81. The number of hydrogen-bond donors (Lipinski definition) is 1. The van der Waals surface area contributed by atoms with Crippen molar-refractivity contribution in [2.75, 3.05) is 26.0 Å². The molecule has 0 saturated carbocycles. The molecule has 0 radical (unpaired) electrons. The lowest BCUT2D eigenvalue weighted by Gasteiger charge is -2.20.